The van der Waals surface area contributed by atoms with Gasteiger partial charge in [0.25, 0.3) is 0 Å². The van der Waals surface area contributed by atoms with Gasteiger partial charge in [-0.15, -0.1) is 0 Å². The molecule has 0 aliphatic carbocycles. The van der Waals surface area contributed by atoms with Crippen molar-refractivity contribution in [3.63, 3.8) is 0 Å². The van der Waals surface area contributed by atoms with Gasteiger partial charge < -0.3 is 15.5 Å². The molecule has 0 radical (unpaired) electrons. The van der Waals surface area contributed by atoms with E-state index in [1.165, 1.54) is 6.33 Å². The Morgan fingerprint density at radius 1 is 1.24 bits per heavy atom. The Labute approximate surface area is 129 Å². The second-order valence-corrected chi connectivity index (χ2v) is 6.06. The van der Waals surface area contributed by atoms with Crippen LogP contribution in [0.4, 0.5) is 11.6 Å². The normalized spacial score (nSPS) is 23.5. The van der Waals surface area contributed by atoms with Crippen molar-refractivity contribution in [1.82, 2.24) is 14.9 Å². The average molecular weight is 310 g/mol. The van der Waals surface area contributed by atoms with Gasteiger partial charge in [0, 0.05) is 32.1 Å². The zero-order valence-electron chi connectivity index (χ0n) is 12.0. The molecule has 21 heavy (non-hydrogen) atoms. The summed E-state index contributed by atoms with van der Waals surface area (Å²) in [6.07, 6.45) is 6.29. The molecule has 1 amide bonds. The lowest BCUT2D eigenvalue weighted by Crippen LogP contribution is -2.52. The lowest BCUT2D eigenvalue weighted by atomic mass is 10.0. The Morgan fingerprint density at radius 2 is 2.10 bits per heavy atom. The number of hydrogen-bond acceptors (Lipinski definition) is 5. The van der Waals surface area contributed by atoms with Gasteiger partial charge in [0.1, 0.15) is 17.2 Å². The highest BCUT2D eigenvalue weighted by Gasteiger charge is 2.31. The summed E-state index contributed by atoms with van der Waals surface area (Å²) in [5.41, 5.74) is 5.75. The van der Waals surface area contributed by atoms with Crippen LogP contribution in [0.15, 0.2) is 6.33 Å². The van der Waals surface area contributed by atoms with Crippen LogP contribution < -0.4 is 10.6 Å². The van der Waals surface area contributed by atoms with E-state index in [4.69, 9.17) is 17.3 Å². The third-order valence-electron chi connectivity index (χ3n) is 4.29. The van der Waals surface area contributed by atoms with Crippen molar-refractivity contribution in [1.29, 1.82) is 0 Å². The van der Waals surface area contributed by atoms with Gasteiger partial charge >= 0.3 is 0 Å². The molecule has 114 valence electrons. The monoisotopic (exact) mass is 309 g/mol. The minimum Gasteiger partial charge on any atom is -0.382 e. The third-order valence-corrected chi connectivity index (χ3v) is 4.66. The standard InChI is InChI=1S/C14H20ClN5O/c15-12-13(16)17-9-18-14(12)19-6-3-4-10(8-19)20-7-2-1-5-11(20)21/h9-10H,1-8H2,(H2,16,17,18). The van der Waals surface area contributed by atoms with Crippen molar-refractivity contribution in [3.05, 3.63) is 11.3 Å². The largest absolute Gasteiger partial charge is 0.382 e. The summed E-state index contributed by atoms with van der Waals surface area (Å²) in [5.74, 6) is 1.26. The lowest BCUT2D eigenvalue weighted by molar-refractivity contribution is -0.135. The van der Waals surface area contributed by atoms with Crippen molar-refractivity contribution < 1.29 is 4.79 Å². The predicted molar refractivity (Wildman–Crippen MR) is 82.3 cm³/mol. The van der Waals surface area contributed by atoms with Crippen LogP contribution in [0.25, 0.3) is 0 Å². The molecular weight excluding hydrogens is 290 g/mol. The van der Waals surface area contributed by atoms with E-state index in [1.54, 1.807) is 0 Å². The van der Waals surface area contributed by atoms with Crippen molar-refractivity contribution in [3.8, 4) is 0 Å². The number of aromatic nitrogens is 2. The Morgan fingerprint density at radius 3 is 2.90 bits per heavy atom. The fraction of sp³-hybridized carbons (Fsp3) is 0.643. The predicted octanol–water partition coefficient (Wildman–Crippen LogP) is 1.69. The first-order chi connectivity index (χ1) is 10.2. The number of anilines is 2. The van der Waals surface area contributed by atoms with Crippen molar-refractivity contribution in [2.45, 2.75) is 38.1 Å². The number of carbonyl (C=O) groups excluding carboxylic acids is 1. The molecule has 6 nitrogen and oxygen atoms in total. The molecule has 1 aromatic heterocycles. The summed E-state index contributed by atoms with van der Waals surface area (Å²) >= 11 is 6.22. The topological polar surface area (TPSA) is 75.3 Å². The summed E-state index contributed by atoms with van der Waals surface area (Å²) in [7, 11) is 0. The molecule has 2 aliphatic heterocycles. The molecule has 1 atom stereocenters. The molecule has 0 saturated carbocycles. The molecule has 2 N–H and O–H groups in total. The van der Waals surface area contributed by atoms with Gasteiger partial charge in [-0.25, -0.2) is 9.97 Å². The van der Waals surface area contributed by atoms with E-state index in [9.17, 15) is 4.79 Å². The lowest BCUT2D eigenvalue weighted by Gasteiger charge is -2.41. The summed E-state index contributed by atoms with van der Waals surface area (Å²) in [6, 6.07) is 0.249. The number of nitrogen functional groups attached to an aromatic ring is 1. The van der Waals surface area contributed by atoms with Crippen LogP contribution in [-0.2, 0) is 4.79 Å². The molecule has 0 aromatic carbocycles. The fourth-order valence-corrected chi connectivity index (χ4v) is 3.43. The van der Waals surface area contributed by atoms with Crippen molar-refractivity contribution >= 4 is 29.1 Å². The van der Waals surface area contributed by atoms with Gasteiger partial charge in [0.05, 0.1) is 0 Å². The fourth-order valence-electron chi connectivity index (χ4n) is 3.21. The van der Waals surface area contributed by atoms with Crippen LogP contribution >= 0.6 is 11.6 Å². The van der Waals surface area contributed by atoms with E-state index in [0.717, 1.165) is 45.3 Å². The smallest absolute Gasteiger partial charge is 0.222 e. The molecule has 3 rings (SSSR count). The number of likely N-dealkylation sites (tertiary alicyclic amines) is 1. The number of rotatable bonds is 2. The Balaban J connectivity index is 1.76. The van der Waals surface area contributed by atoms with E-state index in [1.807, 2.05) is 4.90 Å². The van der Waals surface area contributed by atoms with Gasteiger partial charge in [0.15, 0.2) is 5.82 Å². The number of hydrogen-bond donors (Lipinski definition) is 1. The first kappa shape index (κ1) is 14.4. The molecule has 1 aromatic rings. The number of halogens is 1. The molecule has 0 spiro atoms. The van der Waals surface area contributed by atoms with Gasteiger partial charge in [-0.2, -0.15) is 0 Å². The van der Waals surface area contributed by atoms with E-state index >= 15 is 0 Å². The van der Waals surface area contributed by atoms with Crippen LogP contribution in [0.3, 0.4) is 0 Å². The Hall–Kier alpha value is -1.56. The molecule has 2 fully saturated rings. The summed E-state index contributed by atoms with van der Waals surface area (Å²) in [5, 5.41) is 0.406. The third kappa shape index (κ3) is 2.90. The molecule has 2 aliphatic rings. The number of nitrogens with zero attached hydrogens (tertiary/aromatic N) is 4. The van der Waals surface area contributed by atoms with Crippen molar-refractivity contribution in [2.24, 2.45) is 0 Å². The van der Waals surface area contributed by atoms with E-state index < -0.39 is 0 Å². The highest BCUT2D eigenvalue weighted by atomic mass is 35.5. The Bertz CT molecular complexity index is 538. The first-order valence-corrected chi connectivity index (χ1v) is 7.85. The molecule has 1 unspecified atom stereocenters. The highest BCUT2D eigenvalue weighted by molar-refractivity contribution is 6.35. The van der Waals surface area contributed by atoms with Crippen molar-refractivity contribution in [2.75, 3.05) is 30.3 Å². The summed E-state index contributed by atoms with van der Waals surface area (Å²) in [6.45, 7) is 2.52. The summed E-state index contributed by atoms with van der Waals surface area (Å²) in [4.78, 5) is 24.4. The second kappa shape index (κ2) is 6.05. The van der Waals surface area contributed by atoms with Crippen LogP contribution in [0.2, 0.25) is 5.02 Å². The van der Waals surface area contributed by atoms with Gasteiger partial charge in [-0.05, 0) is 25.7 Å². The average Bonchev–Trinajstić information content (AvgIpc) is 2.51. The highest BCUT2D eigenvalue weighted by Crippen LogP contribution is 2.30. The maximum Gasteiger partial charge on any atom is 0.222 e. The minimum atomic E-state index is 0.249. The summed E-state index contributed by atoms with van der Waals surface area (Å²) < 4.78 is 0. The molecule has 2 saturated heterocycles. The molecular formula is C14H20ClN5O. The van der Waals surface area contributed by atoms with Crippen LogP contribution in [0, 0.1) is 0 Å². The van der Waals surface area contributed by atoms with Crippen LogP contribution in [0.1, 0.15) is 32.1 Å². The first-order valence-electron chi connectivity index (χ1n) is 7.47. The van der Waals surface area contributed by atoms with Crippen LogP contribution in [0.5, 0.6) is 0 Å². The number of nitrogens with two attached hydrogens (primary N) is 1. The number of carbonyl (C=O) groups is 1. The zero-order chi connectivity index (χ0) is 14.8. The molecule has 7 heteroatoms. The molecule has 3 heterocycles. The van der Waals surface area contributed by atoms with Crippen LogP contribution in [-0.4, -0.2) is 46.5 Å². The van der Waals surface area contributed by atoms with Gasteiger partial charge in [-0.1, -0.05) is 11.6 Å². The quantitative estimate of drug-likeness (QED) is 0.900. The van der Waals surface area contributed by atoms with Gasteiger partial charge in [-0.3, -0.25) is 4.79 Å². The number of amides is 1. The zero-order valence-corrected chi connectivity index (χ0v) is 12.7. The molecule has 0 bridgehead atoms. The van der Waals surface area contributed by atoms with E-state index in [-0.39, 0.29) is 11.9 Å². The maximum atomic E-state index is 12.1. The second-order valence-electron chi connectivity index (χ2n) is 5.68. The van der Waals surface area contributed by atoms with Gasteiger partial charge in [0.2, 0.25) is 5.91 Å². The maximum absolute atomic E-state index is 12.1. The Kier molecular flexibility index (Phi) is 4.14. The SMILES string of the molecule is Nc1ncnc(N2CCCC(N3CCCCC3=O)C2)c1Cl. The number of piperidine rings is 2. The van der Waals surface area contributed by atoms with E-state index in [2.05, 4.69) is 14.9 Å². The minimum absolute atomic E-state index is 0.249. The van der Waals surface area contributed by atoms with E-state index in [0.29, 0.717) is 23.1 Å².